The van der Waals surface area contributed by atoms with Crippen LogP contribution in [0.4, 0.5) is 0 Å². The number of hydrogen-bond donors (Lipinski definition) is 1. The number of rotatable bonds is 4. The largest absolute Gasteiger partial charge is 0.385 e. The van der Waals surface area contributed by atoms with Crippen molar-refractivity contribution in [2.45, 2.75) is 50.7 Å². The molecule has 1 aliphatic rings. The van der Waals surface area contributed by atoms with Gasteiger partial charge in [0.05, 0.1) is 5.60 Å². The molecule has 2 rings (SSSR count). The van der Waals surface area contributed by atoms with Crippen LogP contribution in [0.5, 0.6) is 0 Å². The molecule has 0 aliphatic heterocycles. The van der Waals surface area contributed by atoms with Crippen molar-refractivity contribution in [2.75, 3.05) is 6.61 Å². The average molecular weight is 236 g/mol. The van der Waals surface area contributed by atoms with Crippen molar-refractivity contribution in [3.05, 3.63) is 24.3 Å². The van der Waals surface area contributed by atoms with E-state index in [9.17, 15) is 5.11 Å². The first-order valence-electron chi connectivity index (χ1n) is 6.35. The van der Waals surface area contributed by atoms with Gasteiger partial charge in [0.25, 0.3) is 0 Å². The van der Waals surface area contributed by atoms with Crippen LogP contribution in [0.2, 0.25) is 0 Å². The highest BCUT2D eigenvalue weighted by Crippen LogP contribution is 2.41. The molecule has 1 saturated carbocycles. The molecule has 17 heavy (non-hydrogen) atoms. The van der Waals surface area contributed by atoms with E-state index in [-0.39, 0.29) is 0 Å². The standard InChI is InChI=1S/C13H20N2O2/c1-2-17-13(6-4-3-5-7-13)12(16)11-8-14-10-15-9-11/h8-10,12,16H,2-7H2,1H3. The number of aromatic nitrogens is 2. The number of nitrogens with zero attached hydrogens (tertiary/aromatic N) is 2. The summed E-state index contributed by atoms with van der Waals surface area (Å²) >= 11 is 0. The average Bonchev–Trinajstić information content (AvgIpc) is 2.40. The summed E-state index contributed by atoms with van der Waals surface area (Å²) in [7, 11) is 0. The van der Waals surface area contributed by atoms with Gasteiger partial charge < -0.3 is 9.84 Å². The Morgan fingerprint density at radius 3 is 2.53 bits per heavy atom. The fourth-order valence-electron chi connectivity index (χ4n) is 2.69. The van der Waals surface area contributed by atoms with Crippen molar-refractivity contribution in [2.24, 2.45) is 0 Å². The van der Waals surface area contributed by atoms with Crippen LogP contribution in [0.1, 0.15) is 50.7 Å². The van der Waals surface area contributed by atoms with E-state index in [0.29, 0.717) is 6.61 Å². The Labute approximate surface area is 102 Å². The lowest BCUT2D eigenvalue weighted by atomic mass is 9.78. The van der Waals surface area contributed by atoms with E-state index in [1.165, 1.54) is 12.7 Å². The van der Waals surface area contributed by atoms with Gasteiger partial charge in [-0.05, 0) is 19.8 Å². The number of hydrogen-bond acceptors (Lipinski definition) is 4. The molecule has 0 radical (unpaired) electrons. The van der Waals surface area contributed by atoms with E-state index in [1.807, 2.05) is 6.92 Å². The lowest BCUT2D eigenvalue weighted by Crippen LogP contribution is -2.41. The Morgan fingerprint density at radius 2 is 1.94 bits per heavy atom. The van der Waals surface area contributed by atoms with Crippen LogP contribution in [-0.2, 0) is 4.74 Å². The molecule has 1 aromatic heterocycles. The lowest BCUT2D eigenvalue weighted by Gasteiger charge is -2.40. The second kappa shape index (κ2) is 5.56. The number of ether oxygens (including phenoxy) is 1. The first-order chi connectivity index (χ1) is 8.28. The highest BCUT2D eigenvalue weighted by atomic mass is 16.5. The Hall–Kier alpha value is -1.00. The summed E-state index contributed by atoms with van der Waals surface area (Å²) in [6, 6.07) is 0. The quantitative estimate of drug-likeness (QED) is 0.871. The van der Waals surface area contributed by atoms with Crippen molar-refractivity contribution in [3.8, 4) is 0 Å². The van der Waals surface area contributed by atoms with Gasteiger partial charge >= 0.3 is 0 Å². The molecule has 1 fully saturated rings. The Balaban J connectivity index is 2.20. The van der Waals surface area contributed by atoms with Gasteiger partial charge in [-0.1, -0.05) is 19.3 Å². The third-order valence-corrected chi connectivity index (χ3v) is 3.53. The van der Waals surface area contributed by atoms with Gasteiger partial charge in [0, 0.05) is 24.6 Å². The minimum atomic E-state index is -0.621. The van der Waals surface area contributed by atoms with Crippen LogP contribution in [0, 0.1) is 0 Å². The van der Waals surface area contributed by atoms with Crippen molar-refractivity contribution >= 4 is 0 Å². The summed E-state index contributed by atoms with van der Waals surface area (Å²) in [5, 5.41) is 10.5. The second-order valence-corrected chi connectivity index (χ2v) is 4.63. The molecule has 1 aromatic rings. The first kappa shape index (κ1) is 12.5. The van der Waals surface area contributed by atoms with Gasteiger partial charge in [-0.2, -0.15) is 0 Å². The van der Waals surface area contributed by atoms with E-state index >= 15 is 0 Å². The maximum absolute atomic E-state index is 10.5. The maximum atomic E-state index is 10.5. The number of aliphatic hydroxyl groups is 1. The van der Waals surface area contributed by atoms with E-state index in [4.69, 9.17) is 4.74 Å². The van der Waals surface area contributed by atoms with Crippen LogP contribution in [-0.4, -0.2) is 27.3 Å². The molecular weight excluding hydrogens is 216 g/mol. The molecular formula is C13H20N2O2. The van der Waals surface area contributed by atoms with Crippen molar-refractivity contribution in [1.82, 2.24) is 9.97 Å². The van der Waals surface area contributed by atoms with Gasteiger partial charge in [0.15, 0.2) is 0 Å². The first-order valence-corrected chi connectivity index (χ1v) is 6.35. The highest BCUT2D eigenvalue weighted by Gasteiger charge is 2.40. The zero-order valence-corrected chi connectivity index (χ0v) is 10.3. The lowest BCUT2D eigenvalue weighted by molar-refractivity contribution is -0.142. The van der Waals surface area contributed by atoms with Crippen LogP contribution in [0.25, 0.3) is 0 Å². The van der Waals surface area contributed by atoms with E-state index in [2.05, 4.69) is 9.97 Å². The zero-order chi connectivity index (χ0) is 12.1. The molecule has 1 N–H and O–H groups in total. The summed E-state index contributed by atoms with van der Waals surface area (Å²) in [5.41, 5.74) is 0.320. The molecule has 0 aromatic carbocycles. The summed E-state index contributed by atoms with van der Waals surface area (Å²) in [6.07, 6.45) is 9.49. The second-order valence-electron chi connectivity index (χ2n) is 4.63. The molecule has 4 nitrogen and oxygen atoms in total. The minimum Gasteiger partial charge on any atom is -0.385 e. The summed E-state index contributed by atoms with van der Waals surface area (Å²) < 4.78 is 5.88. The molecule has 1 atom stereocenters. The van der Waals surface area contributed by atoms with Crippen LogP contribution in [0.15, 0.2) is 18.7 Å². The maximum Gasteiger partial charge on any atom is 0.115 e. The third kappa shape index (κ3) is 2.64. The molecule has 0 saturated heterocycles. The predicted molar refractivity (Wildman–Crippen MR) is 64.4 cm³/mol. The molecule has 1 aliphatic carbocycles. The van der Waals surface area contributed by atoms with Crippen LogP contribution < -0.4 is 0 Å². The smallest absolute Gasteiger partial charge is 0.115 e. The van der Waals surface area contributed by atoms with Crippen molar-refractivity contribution in [1.29, 1.82) is 0 Å². The van der Waals surface area contributed by atoms with Gasteiger partial charge in [0.1, 0.15) is 12.4 Å². The van der Waals surface area contributed by atoms with Crippen LogP contribution >= 0.6 is 0 Å². The third-order valence-electron chi connectivity index (χ3n) is 3.53. The van der Waals surface area contributed by atoms with Crippen LogP contribution in [0.3, 0.4) is 0 Å². The summed E-state index contributed by atoms with van der Waals surface area (Å²) in [6.45, 7) is 2.61. The topological polar surface area (TPSA) is 55.2 Å². The van der Waals surface area contributed by atoms with Crippen molar-refractivity contribution in [3.63, 3.8) is 0 Å². The van der Waals surface area contributed by atoms with E-state index in [1.54, 1.807) is 12.4 Å². The fourth-order valence-corrected chi connectivity index (χ4v) is 2.69. The Bertz CT molecular complexity index is 331. The predicted octanol–water partition coefficient (Wildman–Crippen LogP) is 2.25. The Morgan fingerprint density at radius 1 is 1.29 bits per heavy atom. The molecule has 4 heteroatoms. The van der Waals surface area contributed by atoms with Crippen molar-refractivity contribution < 1.29 is 9.84 Å². The fraction of sp³-hybridized carbons (Fsp3) is 0.692. The summed E-state index contributed by atoms with van der Waals surface area (Å²) in [4.78, 5) is 7.93. The molecule has 94 valence electrons. The molecule has 1 heterocycles. The molecule has 1 unspecified atom stereocenters. The normalized spacial score (nSPS) is 21.1. The SMILES string of the molecule is CCOC1(C(O)c2cncnc2)CCCCC1. The Kier molecular flexibility index (Phi) is 4.07. The number of aliphatic hydroxyl groups excluding tert-OH is 1. The minimum absolute atomic E-state index is 0.433. The van der Waals surface area contributed by atoms with E-state index in [0.717, 1.165) is 31.2 Å². The molecule has 0 spiro atoms. The van der Waals surface area contributed by atoms with Gasteiger partial charge in [-0.3, -0.25) is 0 Å². The van der Waals surface area contributed by atoms with Gasteiger partial charge in [0.2, 0.25) is 0 Å². The molecule has 0 amide bonds. The zero-order valence-electron chi connectivity index (χ0n) is 10.3. The highest BCUT2D eigenvalue weighted by molar-refractivity contribution is 5.13. The van der Waals surface area contributed by atoms with Gasteiger partial charge in [-0.15, -0.1) is 0 Å². The summed E-state index contributed by atoms with van der Waals surface area (Å²) in [5.74, 6) is 0. The van der Waals surface area contributed by atoms with Gasteiger partial charge in [-0.25, -0.2) is 9.97 Å². The monoisotopic (exact) mass is 236 g/mol. The molecule has 0 bridgehead atoms. The van der Waals surface area contributed by atoms with E-state index < -0.39 is 11.7 Å².